The van der Waals surface area contributed by atoms with E-state index in [0.29, 0.717) is 0 Å². The lowest BCUT2D eigenvalue weighted by Crippen LogP contribution is -2.72. The minimum absolute atomic E-state index is 0.159. The largest absolute Gasteiger partial charge is 0.307 e. The van der Waals surface area contributed by atoms with Gasteiger partial charge in [0.15, 0.2) is 5.71 Å². The topological polar surface area (TPSA) is 37.4 Å². The maximum atomic E-state index is 10.3. The second kappa shape index (κ2) is 4.52. The van der Waals surface area contributed by atoms with E-state index in [4.69, 9.17) is 0 Å². The van der Waals surface area contributed by atoms with Gasteiger partial charge >= 0.3 is 0 Å². The molecule has 0 fully saturated rings. The lowest BCUT2D eigenvalue weighted by Gasteiger charge is -2.25. The number of hydroxylamine groups is 2. The van der Waals surface area contributed by atoms with Crippen molar-refractivity contribution in [1.29, 1.82) is 0 Å². The molecule has 0 unspecified atom stereocenters. The SMILES string of the molecule is CCC1=[NH+][C@H](c2ccc(Br)cc2)N(O)C1(C)C. The molecule has 1 aromatic rings. The standard InChI is InChI=1S/C13H17BrN2O/c1-4-11-13(2,3)16(17)12(15-11)9-5-7-10(14)8-6-9/h5-8,12,17H,4H2,1-3H3/p+1/t12-/m0/s1. The molecule has 1 aromatic carbocycles. The molecule has 1 atom stereocenters. The third kappa shape index (κ3) is 2.17. The Morgan fingerprint density at radius 3 is 2.41 bits per heavy atom. The molecule has 0 spiro atoms. The Morgan fingerprint density at radius 1 is 1.35 bits per heavy atom. The Labute approximate surface area is 110 Å². The summed E-state index contributed by atoms with van der Waals surface area (Å²) in [6.07, 6.45) is 0.755. The summed E-state index contributed by atoms with van der Waals surface area (Å²) in [5.74, 6) is 0. The van der Waals surface area contributed by atoms with Gasteiger partial charge in [-0.15, -0.1) is 5.06 Å². The lowest BCUT2D eigenvalue weighted by atomic mass is 9.97. The predicted octanol–water partition coefficient (Wildman–Crippen LogP) is 1.86. The van der Waals surface area contributed by atoms with E-state index in [1.54, 1.807) is 0 Å². The average Bonchev–Trinajstić information content (AvgIpc) is 2.52. The molecule has 2 N–H and O–H groups in total. The number of hydrogen-bond acceptors (Lipinski definition) is 2. The first-order chi connectivity index (χ1) is 7.96. The molecule has 0 radical (unpaired) electrons. The molecule has 0 amide bonds. The van der Waals surface area contributed by atoms with Crippen LogP contribution in [0.25, 0.3) is 0 Å². The van der Waals surface area contributed by atoms with Crippen LogP contribution in [0.15, 0.2) is 28.7 Å². The normalized spacial score (nSPS) is 23.8. The van der Waals surface area contributed by atoms with Crippen molar-refractivity contribution in [2.75, 3.05) is 0 Å². The fraction of sp³-hybridized carbons (Fsp3) is 0.462. The predicted molar refractivity (Wildman–Crippen MR) is 70.8 cm³/mol. The van der Waals surface area contributed by atoms with Gasteiger partial charge in [-0.1, -0.05) is 22.9 Å². The van der Waals surface area contributed by atoms with Gasteiger partial charge in [0.1, 0.15) is 5.54 Å². The summed E-state index contributed by atoms with van der Waals surface area (Å²) < 4.78 is 1.04. The van der Waals surface area contributed by atoms with Crippen LogP contribution in [0, 0.1) is 0 Å². The van der Waals surface area contributed by atoms with Crippen molar-refractivity contribution in [3.63, 3.8) is 0 Å². The molecule has 0 bridgehead atoms. The molecule has 92 valence electrons. The van der Waals surface area contributed by atoms with Crippen molar-refractivity contribution in [2.24, 2.45) is 0 Å². The highest BCUT2D eigenvalue weighted by Gasteiger charge is 2.47. The smallest absolute Gasteiger partial charge is 0.255 e. The fourth-order valence-electron chi connectivity index (χ4n) is 2.27. The summed E-state index contributed by atoms with van der Waals surface area (Å²) in [4.78, 5) is 3.39. The maximum absolute atomic E-state index is 10.3. The minimum atomic E-state index is -0.327. The van der Waals surface area contributed by atoms with Gasteiger partial charge in [-0.2, -0.15) is 0 Å². The Hall–Kier alpha value is -0.710. The van der Waals surface area contributed by atoms with E-state index in [1.165, 1.54) is 5.06 Å². The molecule has 1 aliphatic rings. The molecule has 2 rings (SSSR count). The third-order valence-corrected chi connectivity index (χ3v) is 3.93. The van der Waals surface area contributed by atoms with Crippen LogP contribution >= 0.6 is 15.9 Å². The number of nitrogens with zero attached hydrogens (tertiary/aromatic N) is 1. The van der Waals surface area contributed by atoms with Crippen LogP contribution < -0.4 is 4.99 Å². The molecule has 4 heteroatoms. The molecule has 17 heavy (non-hydrogen) atoms. The number of halogens is 1. The Kier molecular flexibility index (Phi) is 3.39. The number of hydrogen-bond donors (Lipinski definition) is 2. The van der Waals surface area contributed by atoms with E-state index < -0.39 is 0 Å². The van der Waals surface area contributed by atoms with Crippen molar-refractivity contribution >= 4 is 21.6 Å². The number of rotatable bonds is 2. The van der Waals surface area contributed by atoms with Gasteiger partial charge in [0.2, 0.25) is 0 Å². The van der Waals surface area contributed by atoms with E-state index in [-0.39, 0.29) is 11.7 Å². The lowest BCUT2D eigenvalue weighted by molar-refractivity contribution is -0.549. The first kappa shape index (κ1) is 12.7. The Balaban J connectivity index is 2.35. The van der Waals surface area contributed by atoms with Crippen LogP contribution in [-0.2, 0) is 0 Å². The third-order valence-electron chi connectivity index (χ3n) is 3.41. The van der Waals surface area contributed by atoms with E-state index in [0.717, 1.165) is 22.2 Å². The number of benzene rings is 1. The van der Waals surface area contributed by atoms with Gasteiger partial charge in [0.05, 0.1) is 0 Å². The van der Waals surface area contributed by atoms with Crippen LogP contribution in [-0.4, -0.2) is 21.5 Å². The summed E-state index contributed by atoms with van der Waals surface area (Å²) in [6.45, 7) is 6.15. The molecular formula is C13H18BrN2O+. The highest BCUT2D eigenvalue weighted by molar-refractivity contribution is 9.10. The second-order valence-corrected chi connectivity index (χ2v) is 5.75. The van der Waals surface area contributed by atoms with Gasteiger partial charge in [-0.05, 0) is 38.1 Å². The van der Waals surface area contributed by atoms with E-state index in [9.17, 15) is 5.21 Å². The zero-order chi connectivity index (χ0) is 12.6. The summed E-state index contributed by atoms with van der Waals surface area (Å²) in [6, 6.07) is 8.00. The first-order valence-electron chi connectivity index (χ1n) is 5.83. The first-order valence-corrected chi connectivity index (χ1v) is 6.62. The summed E-state index contributed by atoms with van der Waals surface area (Å²) in [5, 5.41) is 11.7. The zero-order valence-corrected chi connectivity index (χ0v) is 12.0. The molecular weight excluding hydrogens is 280 g/mol. The Bertz CT molecular complexity index is 439. The fourth-order valence-corrected chi connectivity index (χ4v) is 2.53. The van der Waals surface area contributed by atoms with Crippen molar-refractivity contribution in [3.05, 3.63) is 34.3 Å². The van der Waals surface area contributed by atoms with Gasteiger partial charge in [-0.3, -0.25) is 0 Å². The molecule has 0 saturated heterocycles. The summed E-state index contributed by atoms with van der Waals surface area (Å²) >= 11 is 3.42. The van der Waals surface area contributed by atoms with Crippen LogP contribution in [0.4, 0.5) is 0 Å². The minimum Gasteiger partial charge on any atom is -0.307 e. The molecule has 0 saturated carbocycles. The van der Waals surface area contributed by atoms with Crippen LogP contribution in [0.5, 0.6) is 0 Å². The maximum Gasteiger partial charge on any atom is 0.255 e. The molecule has 3 nitrogen and oxygen atoms in total. The number of nitrogens with one attached hydrogen (secondary N) is 1. The van der Waals surface area contributed by atoms with Crippen LogP contribution in [0.2, 0.25) is 0 Å². The van der Waals surface area contributed by atoms with Gasteiger partial charge in [0.25, 0.3) is 6.17 Å². The zero-order valence-electron chi connectivity index (χ0n) is 10.4. The molecule has 1 heterocycles. The van der Waals surface area contributed by atoms with Crippen LogP contribution in [0.3, 0.4) is 0 Å². The average molecular weight is 298 g/mol. The van der Waals surface area contributed by atoms with Gasteiger partial charge < -0.3 is 5.21 Å². The van der Waals surface area contributed by atoms with Gasteiger partial charge in [-0.25, -0.2) is 4.99 Å². The van der Waals surface area contributed by atoms with Crippen molar-refractivity contribution in [2.45, 2.75) is 38.9 Å². The van der Waals surface area contributed by atoms with E-state index in [1.807, 2.05) is 38.1 Å². The molecule has 1 aliphatic heterocycles. The van der Waals surface area contributed by atoms with E-state index >= 15 is 0 Å². The summed E-state index contributed by atoms with van der Waals surface area (Å²) in [7, 11) is 0. The van der Waals surface area contributed by atoms with Crippen LogP contribution in [0.1, 0.15) is 38.9 Å². The van der Waals surface area contributed by atoms with Crippen molar-refractivity contribution in [1.82, 2.24) is 5.06 Å². The summed E-state index contributed by atoms with van der Waals surface area (Å²) in [5.41, 5.74) is 1.90. The van der Waals surface area contributed by atoms with E-state index in [2.05, 4.69) is 27.8 Å². The molecule has 0 aromatic heterocycles. The monoisotopic (exact) mass is 297 g/mol. The highest BCUT2D eigenvalue weighted by Crippen LogP contribution is 2.27. The molecule has 0 aliphatic carbocycles. The second-order valence-electron chi connectivity index (χ2n) is 4.83. The Morgan fingerprint density at radius 2 is 1.94 bits per heavy atom. The highest BCUT2D eigenvalue weighted by atomic mass is 79.9. The van der Waals surface area contributed by atoms with Gasteiger partial charge in [0, 0.05) is 16.5 Å². The van der Waals surface area contributed by atoms with Crippen molar-refractivity contribution in [3.8, 4) is 0 Å². The quantitative estimate of drug-likeness (QED) is 0.874. The van der Waals surface area contributed by atoms with Crippen molar-refractivity contribution < 1.29 is 10.2 Å².